The van der Waals surface area contributed by atoms with E-state index in [-0.39, 0.29) is 29.9 Å². The van der Waals surface area contributed by atoms with E-state index in [1.54, 1.807) is 18.2 Å². The molecule has 27 heavy (non-hydrogen) atoms. The zero-order chi connectivity index (χ0) is 19.0. The van der Waals surface area contributed by atoms with Crippen LogP contribution in [0, 0.1) is 0 Å². The van der Waals surface area contributed by atoms with Gasteiger partial charge in [-0.3, -0.25) is 4.79 Å². The zero-order valence-electron chi connectivity index (χ0n) is 14.7. The number of pyridine rings is 1. The second-order valence-corrected chi connectivity index (χ2v) is 8.43. The smallest absolute Gasteiger partial charge is 0.243 e. The maximum absolute atomic E-state index is 12.7. The summed E-state index contributed by atoms with van der Waals surface area (Å²) in [4.78, 5) is 16.1. The van der Waals surface area contributed by atoms with Crippen molar-refractivity contribution in [1.82, 2.24) is 9.29 Å². The third kappa shape index (κ3) is 3.43. The molecule has 1 fully saturated rings. The lowest BCUT2D eigenvalue weighted by Crippen LogP contribution is -2.56. The molecule has 0 radical (unpaired) electrons. The molecular weight excluding hydrogens is 364 g/mol. The SMILES string of the molecule is CC(=O)c1cccc(S(=O)(=O)N2CC(Oc3ccc4ccccc4n3)C2)c1. The van der Waals surface area contributed by atoms with E-state index in [0.29, 0.717) is 11.4 Å². The second-order valence-electron chi connectivity index (χ2n) is 6.49. The van der Waals surface area contributed by atoms with Crippen molar-refractivity contribution in [3.8, 4) is 5.88 Å². The molecule has 2 heterocycles. The molecule has 138 valence electrons. The first kappa shape index (κ1) is 17.6. The number of rotatable bonds is 5. The highest BCUT2D eigenvalue weighted by molar-refractivity contribution is 7.89. The molecule has 0 spiro atoms. The molecule has 0 amide bonds. The lowest BCUT2D eigenvalue weighted by molar-refractivity contribution is 0.0724. The van der Waals surface area contributed by atoms with Crippen molar-refractivity contribution < 1.29 is 17.9 Å². The third-order valence-electron chi connectivity index (χ3n) is 4.55. The van der Waals surface area contributed by atoms with Gasteiger partial charge >= 0.3 is 0 Å². The number of ether oxygens (including phenoxy) is 1. The fourth-order valence-corrected chi connectivity index (χ4v) is 4.53. The standard InChI is InChI=1S/C20H18N2O4S/c1-14(23)16-6-4-7-18(11-16)27(24,25)22-12-17(13-22)26-20-10-9-15-5-2-3-8-19(15)21-20/h2-11,17H,12-13H2,1H3. The first-order valence-electron chi connectivity index (χ1n) is 8.57. The number of Topliss-reactive ketones (excluding diaryl/α,β-unsaturated/α-hetero) is 1. The van der Waals surface area contributed by atoms with Gasteiger partial charge < -0.3 is 4.74 Å². The molecular formula is C20H18N2O4S. The number of ketones is 1. The Morgan fingerprint density at radius 2 is 1.85 bits per heavy atom. The van der Waals surface area contributed by atoms with Gasteiger partial charge in [-0.2, -0.15) is 4.31 Å². The van der Waals surface area contributed by atoms with Gasteiger partial charge in [-0.05, 0) is 31.2 Å². The van der Waals surface area contributed by atoms with Gasteiger partial charge in [0.1, 0.15) is 6.10 Å². The molecule has 4 rings (SSSR count). The van der Waals surface area contributed by atoms with Crippen LogP contribution in [0.2, 0.25) is 0 Å². The highest BCUT2D eigenvalue weighted by Crippen LogP contribution is 2.25. The summed E-state index contributed by atoms with van der Waals surface area (Å²) < 4.78 is 32.6. The minimum Gasteiger partial charge on any atom is -0.472 e. The van der Waals surface area contributed by atoms with Crippen LogP contribution < -0.4 is 4.74 Å². The largest absolute Gasteiger partial charge is 0.472 e. The van der Waals surface area contributed by atoms with Crippen molar-refractivity contribution in [3.05, 3.63) is 66.2 Å². The van der Waals surface area contributed by atoms with Crippen molar-refractivity contribution >= 4 is 26.7 Å². The van der Waals surface area contributed by atoms with Crippen LogP contribution in [-0.2, 0) is 10.0 Å². The molecule has 1 saturated heterocycles. The highest BCUT2D eigenvalue weighted by Gasteiger charge is 2.38. The Kier molecular flexibility index (Phi) is 4.41. The summed E-state index contributed by atoms with van der Waals surface area (Å²) in [6.45, 7) is 1.91. The Labute approximate surface area is 157 Å². The molecule has 3 aromatic rings. The van der Waals surface area contributed by atoms with E-state index < -0.39 is 10.0 Å². The van der Waals surface area contributed by atoms with Gasteiger partial charge in [-0.25, -0.2) is 13.4 Å². The Hall–Kier alpha value is -2.77. The molecule has 1 aliphatic heterocycles. The van der Waals surface area contributed by atoms with E-state index in [9.17, 15) is 13.2 Å². The van der Waals surface area contributed by atoms with Crippen LogP contribution in [0.4, 0.5) is 0 Å². The fraction of sp³-hybridized carbons (Fsp3) is 0.200. The first-order valence-corrected chi connectivity index (χ1v) is 10.0. The predicted octanol–water partition coefficient (Wildman–Crippen LogP) is 2.89. The lowest BCUT2D eigenvalue weighted by Gasteiger charge is -2.37. The van der Waals surface area contributed by atoms with Gasteiger partial charge in [0.25, 0.3) is 0 Å². The van der Waals surface area contributed by atoms with Crippen LogP contribution in [-0.4, -0.2) is 42.7 Å². The minimum atomic E-state index is -3.64. The molecule has 0 atom stereocenters. The Bertz CT molecular complexity index is 1120. The summed E-state index contributed by atoms with van der Waals surface area (Å²) in [7, 11) is -3.64. The van der Waals surface area contributed by atoms with Gasteiger partial charge in [0.05, 0.1) is 23.5 Å². The van der Waals surface area contributed by atoms with Gasteiger partial charge in [-0.1, -0.05) is 30.3 Å². The van der Waals surface area contributed by atoms with Crippen molar-refractivity contribution in [3.63, 3.8) is 0 Å². The van der Waals surface area contributed by atoms with Crippen molar-refractivity contribution in [1.29, 1.82) is 0 Å². The fourth-order valence-electron chi connectivity index (χ4n) is 2.98. The van der Waals surface area contributed by atoms with Gasteiger partial charge in [0.2, 0.25) is 15.9 Å². The number of sulfonamides is 1. The van der Waals surface area contributed by atoms with E-state index in [1.807, 2.05) is 30.3 Å². The number of para-hydroxylation sites is 1. The topological polar surface area (TPSA) is 76.6 Å². The number of aromatic nitrogens is 1. The van der Waals surface area contributed by atoms with E-state index in [0.717, 1.165) is 10.9 Å². The molecule has 0 aliphatic carbocycles. The van der Waals surface area contributed by atoms with Crippen molar-refractivity contribution in [2.45, 2.75) is 17.9 Å². The zero-order valence-corrected chi connectivity index (χ0v) is 15.5. The van der Waals surface area contributed by atoms with Crippen LogP contribution in [0.1, 0.15) is 17.3 Å². The number of hydrogen-bond acceptors (Lipinski definition) is 5. The summed E-state index contributed by atoms with van der Waals surface area (Å²) in [6, 6.07) is 17.5. The molecule has 1 aromatic heterocycles. The maximum atomic E-state index is 12.7. The molecule has 7 heteroatoms. The summed E-state index contributed by atoms with van der Waals surface area (Å²) in [6.07, 6.45) is -0.246. The van der Waals surface area contributed by atoms with E-state index in [4.69, 9.17) is 4.74 Å². The molecule has 0 saturated carbocycles. The van der Waals surface area contributed by atoms with E-state index in [2.05, 4.69) is 4.98 Å². The number of nitrogens with zero attached hydrogens (tertiary/aromatic N) is 2. The Balaban J connectivity index is 1.45. The number of benzene rings is 2. The first-order chi connectivity index (χ1) is 12.9. The third-order valence-corrected chi connectivity index (χ3v) is 6.38. The number of carbonyl (C=O) groups excluding carboxylic acids is 1. The summed E-state index contributed by atoms with van der Waals surface area (Å²) >= 11 is 0. The normalized spacial score (nSPS) is 15.4. The molecule has 0 unspecified atom stereocenters. The monoisotopic (exact) mass is 382 g/mol. The van der Waals surface area contributed by atoms with E-state index in [1.165, 1.54) is 23.4 Å². The van der Waals surface area contributed by atoms with Gasteiger partial charge in [0.15, 0.2) is 5.78 Å². The predicted molar refractivity (Wildman–Crippen MR) is 101 cm³/mol. The quantitative estimate of drug-likeness (QED) is 0.634. The van der Waals surface area contributed by atoms with Gasteiger partial charge in [0, 0.05) is 17.0 Å². The summed E-state index contributed by atoms with van der Waals surface area (Å²) in [5.41, 5.74) is 1.21. The van der Waals surface area contributed by atoms with Crippen LogP contribution in [0.3, 0.4) is 0 Å². The van der Waals surface area contributed by atoms with Crippen LogP contribution >= 0.6 is 0 Å². The van der Waals surface area contributed by atoms with Gasteiger partial charge in [-0.15, -0.1) is 0 Å². The Morgan fingerprint density at radius 3 is 2.63 bits per heavy atom. The molecule has 0 bridgehead atoms. The van der Waals surface area contributed by atoms with E-state index >= 15 is 0 Å². The van der Waals surface area contributed by atoms with Crippen molar-refractivity contribution in [2.75, 3.05) is 13.1 Å². The Morgan fingerprint density at radius 1 is 1.07 bits per heavy atom. The second kappa shape index (κ2) is 6.75. The van der Waals surface area contributed by atoms with Crippen LogP contribution in [0.5, 0.6) is 5.88 Å². The average molecular weight is 382 g/mol. The molecule has 0 N–H and O–H groups in total. The van der Waals surface area contributed by atoms with Crippen LogP contribution in [0.25, 0.3) is 10.9 Å². The molecule has 2 aromatic carbocycles. The number of hydrogen-bond donors (Lipinski definition) is 0. The van der Waals surface area contributed by atoms with Crippen LogP contribution in [0.15, 0.2) is 65.6 Å². The molecule has 6 nitrogen and oxygen atoms in total. The molecule has 1 aliphatic rings. The summed E-state index contributed by atoms with van der Waals surface area (Å²) in [5.74, 6) is 0.313. The van der Waals surface area contributed by atoms with Crippen molar-refractivity contribution in [2.24, 2.45) is 0 Å². The average Bonchev–Trinajstić information content (AvgIpc) is 2.64. The lowest BCUT2D eigenvalue weighted by atomic mass is 10.2. The summed E-state index contributed by atoms with van der Waals surface area (Å²) in [5, 5.41) is 1.02. The maximum Gasteiger partial charge on any atom is 0.243 e. The highest BCUT2D eigenvalue weighted by atomic mass is 32.2. The number of fused-ring (bicyclic) bond motifs is 1. The minimum absolute atomic E-state index is 0.123. The number of carbonyl (C=O) groups is 1.